The van der Waals surface area contributed by atoms with Crippen LogP contribution in [0.3, 0.4) is 0 Å². The summed E-state index contributed by atoms with van der Waals surface area (Å²) < 4.78 is 2.34. The maximum absolute atomic E-state index is 2.34. The molecule has 0 spiro atoms. The minimum atomic E-state index is 1.02. The molecule has 1 aliphatic rings. The van der Waals surface area contributed by atoms with Crippen LogP contribution in [-0.4, -0.2) is 23.1 Å². The minimum absolute atomic E-state index is 1.02. The summed E-state index contributed by atoms with van der Waals surface area (Å²) in [5.41, 5.74) is 4.00. The summed E-state index contributed by atoms with van der Waals surface area (Å²) in [5, 5.41) is 2.68. The number of hydrogen-bond acceptors (Lipinski definition) is 1. The normalized spacial score (nSPS) is 14.3. The van der Waals surface area contributed by atoms with Gasteiger partial charge in [0, 0.05) is 17.0 Å². The molecule has 1 aliphatic heterocycles. The van der Waals surface area contributed by atoms with Crippen LogP contribution in [0, 0.1) is 0 Å². The fourth-order valence-corrected chi connectivity index (χ4v) is 4.27. The van der Waals surface area contributed by atoms with Crippen LogP contribution in [-0.2, 0) is 0 Å². The second kappa shape index (κ2) is 5.05. The van der Waals surface area contributed by atoms with Gasteiger partial charge < -0.3 is 0 Å². The predicted molar refractivity (Wildman–Crippen MR) is 91.1 cm³/mol. The number of nitrogens with zero attached hydrogens (tertiary/aromatic N) is 1. The number of benzene rings is 3. The fraction of sp³-hybridized carbons (Fsp3) is 0.105. The molecule has 21 heavy (non-hydrogen) atoms. The van der Waals surface area contributed by atoms with Gasteiger partial charge in [-0.15, -0.1) is 11.8 Å². The van der Waals surface area contributed by atoms with Crippen molar-refractivity contribution in [1.29, 1.82) is 0 Å². The second-order valence-electron chi connectivity index (χ2n) is 5.30. The first-order valence-electron chi connectivity index (χ1n) is 7.14. The van der Waals surface area contributed by atoms with Crippen molar-refractivity contribution in [1.82, 2.24) is 0 Å². The Kier molecular flexibility index (Phi) is 3.04. The van der Waals surface area contributed by atoms with Crippen LogP contribution in [0.4, 0.5) is 5.69 Å². The highest BCUT2D eigenvalue weighted by molar-refractivity contribution is 8.00. The average Bonchev–Trinajstić information content (AvgIpc) is 2.56. The van der Waals surface area contributed by atoms with Crippen molar-refractivity contribution in [2.24, 2.45) is 0 Å². The molecule has 3 aromatic rings. The molecule has 102 valence electrons. The van der Waals surface area contributed by atoms with Crippen LogP contribution in [0.25, 0.3) is 10.8 Å². The lowest BCUT2D eigenvalue weighted by Gasteiger charge is -2.16. The van der Waals surface area contributed by atoms with E-state index in [0.717, 1.165) is 5.75 Å². The Morgan fingerprint density at radius 1 is 0.857 bits per heavy atom. The molecule has 4 rings (SSSR count). The van der Waals surface area contributed by atoms with E-state index in [1.165, 1.54) is 32.6 Å². The minimum Gasteiger partial charge on any atom is -0.197 e. The van der Waals surface area contributed by atoms with Gasteiger partial charge >= 0.3 is 0 Å². The van der Waals surface area contributed by atoms with Crippen LogP contribution in [0.2, 0.25) is 0 Å². The summed E-state index contributed by atoms with van der Waals surface area (Å²) in [5.74, 6) is 1.02. The molecule has 0 radical (unpaired) electrons. The molecule has 0 atom stereocenters. The molecule has 0 fully saturated rings. The summed E-state index contributed by atoms with van der Waals surface area (Å²) in [6, 6.07) is 23.8. The smallest absolute Gasteiger partial charge is 0.197 e. The Hall–Kier alpha value is -2.06. The van der Waals surface area contributed by atoms with Crippen molar-refractivity contribution < 1.29 is 4.58 Å². The lowest BCUT2D eigenvalue weighted by atomic mass is 10.1. The van der Waals surface area contributed by atoms with E-state index in [4.69, 9.17) is 0 Å². The monoisotopic (exact) mass is 290 g/mol. The second-order valence-corrected chi connectivity index (χ2v) is 6.28. The molecular weight excluding hydrogens is 274 g/mol. The van der Waals surface area contributed by atoms with Crippen molar-refractivity contribution in [2.45, 2.75) is 4.90 Å². The van der Waals surface area contributed by atoms with Gasteiger partial charge in [0.2, 0.25) is 5.69 Å². The van der Waals surface area contributed by atoms with E-state index in [2.05, 4.69) is 78.4 Å². The van der Waals surface area contributed by atoms with Crippen LogP contribution in [0.15, 0.2) is 71.6 Å². The van der Waals surface area contributed by atoms with Crippen LogP contribution >= 0.6 is 11.8 Å². The number of rotatable bonds is 1. The summed E-state index contributed by atoms with van der Waals surface area (Å²) in [4.78, 5) is 1.40. The van der Waals surface area contributed by atoms with Gasteiger partial charge in [-0.3, -0.25) is 0 Å². The Labute approximate surface area is 128 Å². The zero-order valence-electron chi connectivity index (χ0n) is 11.9. The quantitative estimate of drug-likeness (QED) is 0.587. The molecule has 0 bridgehead atoms. The molecule has 0 aromatic heterocycles. The van der Waals surface area contributed by atoms with E-state index < -0.39 is 0 Å². The third-order valence-corrected chi connectivity index (χ3v) is 5.22. The lowest BCUT2D eigenvalue weighted by Crippen LogP contribution is -2.21. The predicted octanol–water partition coefficient (Wildman–Crippen LogP) is 4.71. The summed E-state index contributed by atoms with van der Waals surface area (Å²) in [6.45, 7) is 0. The van der Waals surface area contributed by atoms with Crippen molar-refractivity contribution in [3.8, 4) is 0 Å². The molecule has 0 unspecified atom stereocenters. The average molecular weight is 290 g/mol. The van der Waals surface area contributed by atoms with Crippen molar-refractivity contribution >= 4 is 33.9 Å². The van der Waals surface area contributed by atoms with Gasteiger partial charge in [-0.05, 0) is 23.6 Å². The number of thioether (sulfide) groups is 1. The van der Waals surface area contributed by atoms with E-state index in [1.807, 2.05) is 11.8 Å². The van der Waals surface area contributed by atoms with Gasteiger partial charge in [-0.2, -0.15) is 4.58 Å². The molecule has 0 saturated heterocycles. The number of hydrogen-bond donors (Lipinski definition) is 0. The molecule has 3 aromatic carbocycles. The third-order valence-electron chi connectivity index (χ3n) is 4.09. The van der Waals surface area contributed by atoms with Gasteiger partial charge in [-0.25, -0.2) is 0 Å². The Morgan fingerprint density at radius 3 is 2.48 bits per heavy atom. The maximum atomic E-state index is 2.34. The first-order chi connectivity index (χ1) is 10.3. The van der Waals surface area contributed by atoms with Crippen molar-refractivity contribution in [2.75, 3.05) is 12.8 Å². The van der Waals surface area contributed by atoms with Crippen molar-refractivity contribution in [3.63, 3.8) is 0 Å². The molecule has 1 heterocycles. The highest BCUT2D eigenvalue weighted by atomic mass is 32.2. The van der Waals surface area contributed by atoms with E-state index in [1.54, 1.807) is 0 Å². The molecular formula is C19H16NS+. The standard InChI is InChI=1S/C19H16NS/c1-20-17-12-11-14-7-5-6-10-16(14)19(17)21-13-18(20)15-8-3-2-4-9-15/h2-12H,13H2,1H3/q+1. The highest BCUT2D eigenvalue weighted by Crippen LogP contribution is 2.39. The van der Waals surface area contributed by atoms with Crippen LogP contribution in [0.5, 0.6) is 0 Å². The van der Waals surface area contributed by atoms with Gasteiger partial charge in [0.15, 0.2) is 5.71 Å². The summed E-state index contributed by atoms with van der Waals surface area (Å²) >= 11 is 1.95. The molecule has 2 heteroatoms. The topological polar surface area (TPSA) is 3.01 Å². The SMILES string of the molecule is C[N+]1=C(c2ccccc2)CSc2c1ccc1ccccc21. The van der Waals surface area contributed by atoms with E-state index >= 15 is 0 Å². The van der Waals surface area contributed by atoms with E-state index in [-0.39, 0.29) is 0 Å². The third kappa shape index (κ3) is 2.07. The zero-order valence-corrected chi connectivity index (χ0v) is 12.7. The Morgan fingerprint density at radius 2 is 1.62 bits per heavy atom. The zero-order chi connectivity index (χ0) is 14.2. The van der Waals surface area contributed by atoms with Crippen LogP contribution in [0.1, 0.15) is 5.56 Å². The highest BCUT2D eigenvalue weighted by Gasteiger charge is 2.26. The van der Waals surface area contributed by atoms with Gasteiger partial charge in [0.05, 0.1) is 10.6 Å². The Balaban J connectivity index is 1.94. The summed E-state index contributed by atoms with van der Waals surface area (Å²) in [7, 11) is 2.18. The van der Waals surface area contributed by atoms with Gasteiger partial charge in [-0.1, -0.05) is 42.5 Å². The van der Waals surface area contributed by atoms with Crippen LogP contribution < -0.4 is 0 Å². The molecule has 0 N–H and O–H groups in total. The van der Waals surface area contributed by atoms with Gasteiger partial charge in [0.1, 0.15) is 7.05 Å². The van der Waals surface area contributed by atoms with Crippen molar-refractivity contribution in [3.05, 3.63) is 72.3 Å². The lowest BCUT2D eigenvalue weighted by molar-refractivity contribution is -0.407. The fourth-order valence-electron chi connectivity index (χ4n) is 2.94. The van der Waals surface area contributed by atoms with Gasteiger partial charge in [0.25, 0.3) is 0 Å². The van der Waals surface area contributed by atoms with E-state index in [9.17, 15) is 0 Å². The largest absolute Gasteiger partial charge is 0.219 e. The Bertz CT molecular complexity index is 850. The first kappa shape index (κ1) is 12.7. The summed E-state index contributed by atoms with van der Waals surface area (Å²) in [6.07, 6.45) is 0. The first-order valence-corrected chi connectivity index (χ1v) is 8.13. The molecule has 0 aliphatic carbocycles. The number of fused-ring (bicyclic) bond motifs is 3. The van der Waals surface area contributed by atoms with E-state index in [0.29, 0.717) is 0 Å². The molecule has 1 nitrogen and oxygen atoms in total. The molecule has 0 amide bonds. The molecule has 0 saturated carbocycles. The maximum Gasteiger partial charge on any atom is 0.219 e.